The highest BCUT2D eigenvalue weighted by Crippen LogP contribution is 2.23. The summed E-state index contributed by atoms with van der Waals surface area (Å²) < 4.78 is 0. The number of carbonyl (C=O) groups is 1. The van der Waals surface area contributed by atoms with Crippen molar-refractivity contribution in [1.82, 2.24) is 0 Å². The fraction of sp³-hybridized carbons (Fsp3) is 0.529. The molecule has 0 unspecified atom stereocenters. The second-order valence-electron chi connectivity index (χ2n) is 5.51. The van der Waals surface area contributed by atoms with E-state index in [2.05, 4.69) is 31.0 Å². The van der Waals surface area contributed by atoms with Gasteiger partial charge in [-0.15, -0.1) is 0 Å². The van der Waals surface area contributed by atoms with E-state index in [1.165, 1.54) is 36.1 Å². The zero-order chi connectivity index (χ0) is 16.5. The number of aryl methyl sites for hydroxylation is 2. The Bertz CT molecular complexity index is 521. The molecule has 5 heteroatoms. The van der Waals surface area contributed by atoms with Crippen LogP contribution in [0, 0.1) is 0 Å². The molecule has 0 fully saturated rings. The Kier molecular flexibility index (Phi) is 7.43. The van der Waals surface area contributed by atoms with Gasteiger partial charge < -0.3 is 11.5 Å². The Hall–Kier alpha value is -2.04. The van der Waals surface area contributed by atoms with Gasteiger partial charge in [-0.3, -0.25) is 4.90 Å². The monoisotopic (exact) mass is 304 g/mol. The summed E-state index contributed by atoms with van der Waals surface area (Å²) in [7, 11) is 1.68. The molecule has 22 heavy (non-hydrogen) atoms. The van der Waals surface area contributed by atoms with E-state index in [-0.39, 0.29) is 5.96 Å². The van der Waals surface area contributed by atoms with Gasteiger partial charge in [0.15, 0.2) is 5.96 Å². The van der Waals surface area contributed by atoms with Crippen LogP contribution in [0.25, 0.3) is 0 Å². The maximum absolute atomic E-state index is 11.9. The molecule has 1 aromatic rings. The molecule has 0 heterocycles. The van der Waals surface area contributed by atoms with E-state index in [0.717, 1.165) is 24.1 Å². The lowest BCUT2D eigenvalue weighted by Gasteiger charge is -2.19. The Labute approximate surface area is 133 Å². The Morgan fingerprint density at radius 3 is 2.50 bits per heavy atom. The minimum atomic E-state index is -0.453. The third-order valence-corrected chi connectivity index (χ3v) is 3.72. The number of benzene rings is 1. The maximum Gasteiger partial charge on any atom is 0.350 e. The molecule has 0 aliphatic carbocycles. The van der Waals surface area contributed by atoms with Gasteiger partial charge in [0.1, 0.15) is 0 Å². The van der Waals surface area contributed by atoms with Crippen LogP contribution in [-0.2, 0) is 12.8 Å². The van der Waals surface area contributed by atoms with E-state index in [4.69, 9.17) is 11.5 Å². The number of amides is 2. The first kappa shape index (κ1) is 18.0. The standard InChI is InChI=1S/C17H28N4O/c1-4-6-7-8-9-13-10-11-15(14(5-2)12-13)21(3)17(22)20-16(18)19/h10-12H,4-9H2,1-3H3,(H4,18,19,20,22). The van der Waals surface area contributed by atoms with Gasteiger partial charge in [0, 0.05) is 12.7 Å². The summed E-state index contributed by atoms with van der Waals surface area (Å²) in [4.78, 5) is 17.0. The van der Waals surface area contributed by atoms with Crippen molar-refractivity contribution in [3.63, 3.8) is 0 Å². The van der Waals surface area contributed by atoms with Gasteiger partial charge in [0.05, 0.1) is 0 Å². The summed E-state index contributed by atoms with van der Waals surface area (Å²) in [5.41, 5.74) is 13.8. The predicted molar refractivity (Wildman–Crippen MR) is 93.3 cm³/mol. The molecule has 0 aromatic heterocycles. The molecule has 2 amide bonds. The van der Waals surface area contributed by atoms with Crippen LogP contribution in [0.4, 0.5) is 10.5 Å². The average Bonchev–Trinajstić information content (AvgIpc) is 2.50. The molecule has 0 aliphatic rings. The minimum absolute atomic E-state index is 0.220. The molecule has 122 valence electrons. The molecule has 1 aromatic carbocycles. The number of guanidine groups is 1. The number of aliphatic imine (C=N–C) groups is 1. The molecule has 4 N–H and O–H groups in total. The van der Waals surface area contributed by atoms with Crippen molar-refractivity contribution in [1.29, 1.82) is 0 Å². The second-order valence-corrected chi connectivity index (χ2v) is 5.51. The van der Waals surface area contributed by atoms with E-state index in [0.29, 0.717) is 0 Å². The van der Waals surface area contributed by atoms with Crippen LogP contribution < -0.4 is 16.4 Å². The number of hydrogen-bond donors (Lipinski definition) is 2. The highest BCUT2D eigenvalue weighted by molar-refractivity contribution is 5.99. The van der Waals surface area contributed by atoms with Gasteiger partial charge in [0.2, 0.25) is 0 Å². The van der Waals surface area contributed by atoms with Gasteiger partial charge in [-0.05, 0) is 36.5 Å². The molecule has 0 radical (unpaired) electrons. The zero-order valence-electron chi connectivity index (χ0n) is 13.9. The van der Waals surface area contributed by atoms with E-state index in [1.807, 2.05) is 6.07 Å². The zero-order valence-corrected chi connectivity index (χ0v) is 13.9. The van der Waals surface area contributed by atoms with Crippen molar-refractivity contribution in [3.05, 3.63) is 29.3 Å². The summed E-state index contributed by atoms with van der Waals surface area (Å²) in [6.45, 7) is 4.30. The van der Waals surface area contributed by atoms with Crippen molar-refractivity contribution < 1.29 is 4.79 Å². The molecule has 0 spiro atoms. The number of anilines is 1. The smallest absolute Gasteiger partial charge is 0.350 e. The first-order valence-electron chi connectivity index (χ1n) is 7.98. The fourth-order valence-corrected chi connectivity index (χ4v) is 2.45. The van der Waals surface area contributed by atoms with Gasteiger partial charge in [-0.2, -0.15) is 4.99 Å². The van der Waals surface area contributed by atoms with Crippen molar-refractivity contribution in [3.8, 4) is 0 Å². The third-order valence-electron chi connectivity index (χ3n) is 3.72. The summed E-state index contributed by atoms with van der Waals surface area (Å²) in [5.74, 6) is -0.220. The van der Waals surface area contributed by atoms with Gasteiger partial charge in [-0.25, -0.2) is 4.79 Å². The van der Waals surface area contributed by atoms with Crippen molar-refractivity contribution in [2.75, 3.05) is 11.9 Å². The lowest BCUT2D eigenvalue weighted by molar-refractivity contribution is 0.255. The van der Waals surface area contributed by atoms with Crippen LogP contribution in [0.5, 0.6) is 0 Å². The number of nitrogens with two attached hydrogens (primary N) is 2. The lowest BCUT2D eigenvalue weighted by Crippen LogP contribution is -2.30. The third kappa shape index (κ3) is 5.39. The summed E-state index contributed by atoms with van der Waals surface area (Å²) >= 11 is 0. The summed E-state index contributed by atoms with van der Waals surface area (Å²) in [6.07, 6.45) is 6.95. The first-order chi connectivity index (χ1) is 10.5. The molecule has 5 nitrogen and oxygen atoms in total. The molecule has 0 saturated carbocycles. The summed E-state index contributed by atoms with van der Waals surface area (Å²) in [6, 6.07) is 5.79. The molecule has 0 saturated heterocycles. The van der Waals surface area contributed by atoms with Gasteiger partial charge >= 0.3 is 6.03 Å². The van der Waals surface area contributed by atoms with Crippen LogP contribution in [0.3, 0.4) is 0 Å². The van der Waals surface area contributed by atoms with E-state index >= 15 is 0 Å². The normalized spacial score (nSPS) is 10.3. The van der Waals surface area contributed by atoms with Gasteiger partial charge in [0.25, 0.3) is 0 Å². The number of unbranched alkanes of at least 4 members (excludes halogenated alkanes) is 3. The Morgan fingerprint density at radius 2 is 1.91 bits per heavy atom. The van der Waals surface area contributed by atoms with Crippen molar-refractivity contribution >= 4 is 17.7 Å². The Morgan fingerprint density at radius 1 is 1.18 bits per heavy atom. The molecular weight excluding hydrogens is 276 g/mol. The molecule has 0 bridgehead atoms. The van der Waals surface area contributed by atoms with Crippen LogP contribution in [-0.4, -0.2) is 19.0 Å². The maximum atomic E-state index is 11.9. The fourth-order valence-electron chi connectivity index (χ4n) is 2.45. The lowest BCUT2D eigenvalue weighted by atomic mass is 10.0. The highest BCUT2D eigenvalue weighted by atomic mass is 16.2. The van der Waals surface area contributed by atoms with E-state index in [1.54, 1.807) is 7.05 Å². The number of hydrogen-bond acceptors (Lipinski definition) is 1. The van der Waals surface area contributed by atoms with E-state index < -0.39 is 6.03 Å². The van der Waals surface area contributed by atoms with Crippen molar-refractivity contribution in [2.45, 2.75) is 52.4 Å². The van der Waals surface area contributed by atoms with Crippen LogP contribution in [0.1, 0.15) is 50.7 Å². The van der Waals surface area contributed by atoms with Crippen molar-refractivity contribution in [2.24, 2.45) is 16.5 Å². The largest absolute Gasteiger partial charge is 0.370 e. The molecular formula is C17H28N4O. The van der Waals surface area contributed by atoms with E-state index in [9.17, 15) is 4.79 Å². The minimum Gasteiger partial charge on any atom is -0.370 e. The predicted octanol–water partition coefficient (Wildman–Crippen LogP) is 3.20. The number of rotatable bonds is 7. The average molecular weight is 304 g/mol. The summed E-state index contributed by atoms with van der Waals surface area (Å²) in [5, 5.41) is 0. The number of urea groups is 1. The van der Waals surface area contributed by atoms with Crippen LogP contribution >= 0.6 is 0 Å². The SMILES string of the molecule is CCCCCCc1ccc(N(C)C(=O)N=C(N)N)c(CC)c1. The second kappa shape index (κ2) is 9.07. The number of nitrogens with zero attached hydrogens (tertiary/aromatic N) is 2. The Balaban J connectivity index is 2.84. The molecule has 0 atom stereocenters. The first-order valence-corrected chi connectivity index (χ1v) is 7.98. The quantitative estimate of drug-likeness (QED) is 0.461. The molecule has 1 rings (SSSR count). The molecule has 0 aliphatic heterocycles. The van der Waals surface area contributed by atoms with Gasteiger partial charge in [-0.1, -0.05) is 45.2 Å². The number of carbonyl (C=O) groups excluding carboxylic acids is 1. The van der Waals surface area contributed by atoms with Crippen LogP contribution in [0.2, 0.25) is 0 Å². The van der Waals surface area contributed by atoms with Crippen LogP contribution in [0.15, 0.2) is 23.2 Å². The highest BCUT2D eigenvalue weighted by Gasteiger charge is 2.13. The topological polar surface area (TPSA) is 84.7 Å².